The van der Waals surface area contributed by atoms with Gasteiger partial charge in [-0.25, -0.2) is 0 Å². The Balaban J connectivity index is 2.17. The maximum Gasteiger partial charge on any atom is 0.0254 e. The summed E-state index contributed by atoms with van der Waals surface area (Å²) in [5.41, 5.74) is 4.52. The van der Waals surface area contributed by atoms with Gasteiger partial charge in [-0.2, -0.15) is 0 Å². The first-order chi connectivity index (χ1) is 6.10. The number of thioether (sulfide) groups is 1. The Bertz CT molecular complexity index is 394. The predicted octanol–water partition coefficient (Wildman–Crippen LogP) is 3.66. The van der Waals surface area contributed by atoms with Gasteiger partial charge in [-0.1, -0.05) is 6.07 Å². The van der Waals surface area contributed by atoms with Gasteiger partial charge in [-0.15, -0.1) is 11.8 Å². The van der Waals surface area contributed by atoms with Crippen LogP contribution in [-0.4, -0.2) is 4.75 Å². The van der Waals surface area contributed by atoms with Crippen molar-refractivity contribution in [2.75, 3.05) is 0 Å². The fraction of sp³-hybridized carbons (Fsp3) is 0.500. The molecule has 13 heavy (non-hydrogen) atoms. The molecule has 0 radical (unpaired) electrons. The maximum absolute atomic E-state index is 2.40. The molecular formula is C12H14S. The number of aryl methyl sites for hydroxylation is 2. The van der Waals surface area contributed by atoms with Crippen LogP contribution in [0.5, 0.6) is 0 Å². The highest BCUT2D eigenvalue weighted by atomic mass is 32.2. The van der Waals surface area contributed by atoms with Crippen molar-refractivity contribution in [1.29, 1.82) is 0 Å². The Morgan fingerprint density at radius 2 is 2.00 bits per heavy atom. The molecule has 0 bridgehead atoms. The fourth-order valence-corrected chi connectivity index (χ4v) is 3.90. The van der Waals surface area contributed by atoms with Crippen molar-refractivity contribution in [2.45, 2.75) is 42.8 Å². The van der Waals surface area contributed by atoms with Gasteiger partial charge < -0.3 is 0 Å². The van der Waals surface area contributed by atoms with Crippen molar-refractivity contribution >= 4 is 11.8 Å². The summed E-state index contributed by atoms with van der Waals surface area (Å²) in [4.78, 5) is 1.54. The molecule has 0 saturated heterocycles. The molecule has 0 amide bonds. The molecule has 0 spiro atoms. The summed E-state index contributed by atoms with van der Waals surface area (Å²) in [7, 11) is 0. The summed E-state index contributed by atoms with van der Waals surface area (Å²) >= 11 is 2.09. The van der Waals surface area contributed by atoms with Crippen molar-refractivity contribution in [2.24, 2.45) is 0 Å². The average molecular weight is 190 g/mol. The lowest BCUT2D eigenvalue weighted by Gasteiger charge is -2.07. The van der Waals surface area contributed by atoms with Crippen LogP contribution in [0.4, 0.5) is 0 Å². The first-order valence-electron chi connectivity index (χ1n) is 4.90. The van der Waals surface area contributed by atoms with Crippen LogP contribution in [0.1, 0.15) is 36.0 Å². The van der Waals surface area contributed by atoms with Crippen LogP contribution in [0.25, 0.3) is 0 Å². The molecule has 1 aliphatic carbocycles. The van der Waals surface area contributed by atoms with Crippen LogP contribution in [0.3, 0.4) is 0 Å². The predicted molar refractivity (Wildman–Crippen MR) is 57.5 cm³/mol. The number of hydrogen-bond donors (Lipinski definition) is 0. The third-order valence-corrected chi connectivity index (χ3v) is 5.02. The minimum atomic E-state index is 0.572. The van der Waals surface area contributed by atoms with Crippen LogP contribution in [0.15, 0.2) is 17.0 Å². The Morgan fingerprint density at radius 1 is 1.31 bits per heavy atom. The number of fused-ring (bicyclic) bond motifs is 3. The summed E-state index contributed by atoms with van der Waals surface area (Å²) < 4.78 is 0.572. The van der Waals surface area contributed by atoms with Crippen LogP contribution in [0, 0.1) is 13.8 Å². The number of hydrogen-bond acceptors (Lipinski definition) is 1. The Labute approximate surface area is 83.7 Å². The Kier molecular flexibility index (Phi) is 1.31. The molecule has 1 aliphatic heterocycles. The highest BCUT2D eigenvalue weighted by Crippen LogP contribution is 2.69. The van der Waals surface area contributed by atoms with E-state index in [1.54, 1.807) is 10.5 Å². The molecule has 1 aromatic rings. The summed E-state index contributed by atoms with van der Waals surface area (Å²) in [5.74, 6) is 0.867. The first kappa shape index (κ1) is 7.93. The lowest BCUT2D eigenvalue weighted by atomic mass is 10.0. The monoisotopic (exact) mass is 190 g/mol. The molecule has 3 rings (SSSR count). The molecule has 0 nitrogen and oxygen atoms in total. The van der Waals surface area contributed by atoms with E-state index in [1.807, 2.05) is 0 Å². The second kappa shape index (κ2) is 2.14. The Hall–Kier alpha value is -0.430. The molecule has 68 valence electrons. The zero-order chi connectivity index (χ0) is 9.22. The molecule has 1 aromatic carbocycles. The van der Waals surface area contributed by atoms with E-state index < -0.39 is 0 Å². The van der Waals surface area contributed by atoms with Gasteiger partial charge >= 0.3 is 0 Å². The van der Waals surface area contributed by atoms with Crippen LogP contribution in [-0.2, 0) is 0 Å². The summed E-state index contributed by atoms with van der Waals surface area (Å²) in [6, 6.07) is 4.77. The normalized spacial score (nSPS) is 34.2. The van der Waals surface area contributed by atoms with Gasteiger partial charge in [-0.05, 0) is 49.9 Å². The second-order valence-electron chi connectivity index (χ2n) is 4.65. The van der Waals surface area contributed by atoms with Crippen molar-refractivity contribution in [3.63, 3.8) is 0 Å². The van der Waals surface area contributed by atoms with Gasteiger partial charge in [0, 0.05) is 15.6 Å². The number of benzene rings is 1. The lowest BCUT2D eigenvalue weighted by Crippen LogP contribution is -1.89. The molecule has 0 aromatic heterocycles. The highest BCUT2D eigenvalue weighted by Gasteiger charge is 2.57. The molecule has 0 N–H and O–H groups in total. The van der Waals surface area contributed by atoms with E-state index in [1.165, 1.54) is 17.5 Å². The molecular weight excluding hydrogens is 176 g/mol. The van der Waals surface area contributed by atoms with E-state index in [9.17, 15) is 0 Å². The third-order valence-electron chi connectivity index (χ3n) is 3.53. The third kappa shape index (κ3) is 0.940. The molecule has 2 aliphatic rings. The molecule has 1 fully saturated rings. The van der Waals surface area contributed by atoms with Gasteiger partial charge in [0.2, 0.25) is 0 Å². The Morgan fingerprint density at radius 3 is 2.77 bits per heavy atom. The molecule has 2 unspecified atom stereocenters. The fourth-order valence-electron chi connectivity index (χ4n) is 2.32. The summed E-state index contributed by atoms with van der Waals surface area (Å²) in [5, 5.41) is 0. The van der Waals surface area contributed by atoms with Gasteiger partial charge in [0.15, 0.2) is 0 Å². The van der Waals surface area contributed by atoms with Crippen molar-refractivity contribution in [1.82, 2.24) is 0 Å². The van der Waals surface area contributed by atoms with E-state index >= 15 is 0 Å². The average Bonchev–Trinajstić information content (AvgIpc) is 2.63. The highest BCUT2D eigenvalue weighted by molar-refractivity contribution is 8.01. The van der Waals surface area contributed by atoms with Gasteiger partial charge in [-0.3, -0.25) is 0 Å². The molecule has 2 atom stereocenters. The molecule has 1 saturated carbocycles. The molecule has 1 heteroatoms. The van der Waals surface area contributed by atoms with Crippen molar-refractivity contribution in [3.8, 4) is 0 Å². The van der Waals surface area contributed by atoms with E-state index in [0.717, 1.165) is 5.92 Å². The topological polar surface area (TPSA) is 0 Å². The lowest BCUT2D eigenvalue weighted by molar-refractivity contribution is 0.987. The van der Waals surface area contributed by atoms with Gasteiger partial charge in [0.1, 0.15) is 0 Å². The summed E-state index contributed by atoms with van der Waals surface area (Å²) in [6.07, 6.45) is 1.40. The summed E-state index contributed by atoms with van der Waals surface area (Å²) in [6.45, 7) is 6.83. The number of rotatable bonds is 0. The zero-order valence-corrected chi connectivity index (χ0v) is 9.16. The second-order valence-corrected chi connectivity index (χ2v) is 6.22. The van der Waals surface area contributed by atoms with E-state index in [0.29, 0.717) is 4.75 Å². The smallest absolute Gasteiger partial charge is 0.0254 e. The van der Waals surface area contributed by atoms with E-state index in [-0.39, 0.29) is 0 Å². The quantitative estimate of drug-likeness (QED) is 0.601. The SMILES string of the molecule is Cc1cc2c(cc1C)C1CC1(C)S2. The van der Waals surface area contributed by atoms with Gasteiger partial charge in [0.05, 0.1) is 0 Å². The largest absolute Gasteiger partial charge is 0.119 e. The minimum absolute atomic E-state index is 0.572. The van der Waals surface area contributed by atoms with Crippen LogP contribution in [0.2, 0.25) is 0 Å². The standard InChI is InChI=1S/C12H14S/c1-7-4-9-10-6-12(10,3)13-11(9)5-8(7)2/h4-5,10H,6H2,1-3H3. The van der Waals surface area contributed by atoms with E-state index in [4.69, 9.17) is 0 Å². The van der Waals surface area contributed by atoms with E-state index in [2.05, 4.69) is 44.7 Å². The zero-order valence-electron chi connectivity index (χ0n) is 8.35. The van der Waals surface area contributed by atoms with Crippen LogP contribution < -0.4 is 0 Å². The van der Waals surface area contributed by atoms with Crippen molar-refractivity contribution in [3.05, 3.63) is 28.8 Å². The first-order valence-corrected chi connectivity index (χ1v) is 5.72. The minimum Gasteiger partial charge on any atom is -0.119 e. The van der Waals surface area contributed by atoms with Crippen molar-refractivity contribution < 1.29 is 0 Å². The van der Waals surface area contributed by atoms with Crippen LogP contribution >= 0.6 is 11.8 Å². The van der Waals surface area contributed by atoms with Gasteiger partial charge in [0.25, 0.3) is 0 Å². The maximum atomic E-state index is 2.40. The molecule has 1 heterocycles.